The number of nitrogens with zero attached hydrogens (tertiary/aromatic N) is 1. The average Bonchev–Trinajstić information content (AvgIpc) is 3.14. The molecule has 0 bridgehead atoms. The molecule has 180 valence electrons. The monoisotopic (exact) mass is 537 g/mol. The zero-order valence-electron chi connectivity index (χ0n) is 19.4. The molecule has 8 heteroatoms. The van der Waals surface area contributed by atoms with Gasteiger partial charge in [0.05, 0.1) is 32.4 Å². The molecule has 1 aliphatic heterocycles. The number of carbonyl (C=O) groups is 2. The number of methoxy groups -OCH3 is 2. The molecule has 1 saturated heterocycles. The van der Waals surface area contributed by atoms with Crippen molar-refractivity contribution >= 4 is 39.1 Å². The van der Waals surface area contributed by atoms with Crippen LogP contribution in [0.15, 0.2) is 76.8 Å². The number of carbonyl (C=O) groups excluding carboxylic acids is 2. The summed E-state index contributed by atoms with van der Waals surface area (Å²) in [6, 6.07) is 17.9. The number of aliphatic hydroxyl groups excluding tert-OH is 1. The number of anilines is 1. The first kappa shape index (κ1) is 24.3. The molecule has 35 heavy (non-hydrogen) atoms. The first-order valence-corrected chi connectivity index (χ1v) is 11.7. The number of Topliss-reactive ketones (excluding diaryl/α,β-unsaturated/α-hetero) is 1. The van der Waals surface area contributed by atoms with Crippen molar-refractivity contribution in [2.75, 3.05) is 25.7 Å². The van der Waals surface area contributed by atoms with Gasteiger partial charge in [0.15, 0.2) is 0 Å². The first-order valence-electron chi connectivity index (χ1n) is 10.9. The van der Waals surface area contributed by atoms with Crippen LogP contribution in [0, 0.1) is 0 Å². The summed E-state index contributed by atoms with van der Waals surface area (Å²) in [5.74, 6) is -0.254. The molecular formula is C27H24BrNO6. The highest BCUT2D eigenvalue weighted by molar-refractivity contribution is 9.10. The van der Waals surface area contributed by atoms with Gasteiger partial charge in [-0.3, -0.25) is 14.5 Å². The minimum absolute atomic E-state index is 0.0476. The molecule has 3 aromatic carbocycles. The molecule has 3 aromatic rings. The minimum atomic E-state index is -0.951. The Kier molecular flexibility index (Phi) is 7.12. The predicted octanol–water partition coefficient (Wildman–Crippen LogP) is 5.49. The molecule has 0 aromatic heterocycles. The maximum atomic E-state index is 13.4. The SMILES string of the molecule is CCOc1ccc(C(O)=C2C(=O)C(=O)N(c3ccc(Br)cc3)C2c2cc(OC)ccc2OC)cc1. The summed E-state index contributed by atoms with van der Waals surface area (Å²) in [7, 11) is 3.03. The van der Waals surface area contributed by atoms with Gasteiger partial charge in [-0.15, -0.1) is 0 Å². The molecule has 1 heterocycles. The van der Waals surface area contributed by atoms with Gasteiger partial charge in [-0.05, 0) is 73.7 Å². The van der Waals surface area contributed by atoms with Crippen LogP contribution in [0.5, 0.6) is 17.2 Å². The second-order valence-electron chi connectivity index (χ2n) is 7.71. The summed E-state index contributed by atoms with van der Waals surface area (Å²) in [6.45, 7) is 2.37. The van der Waals surface area contributed by atoms with Crippen LogP contribution in [0.2, 0.25) is 0 Å². The topological polar surface area (TPSA) is 85.3 Å². The highest BCUT2D eigenvalue weighted by Gasteiger charge is 2.48. The van der Waals surface area contributed by atoms with Gasteiger partial charge in [0.25, 0.3) is 11.7 Å². The number of ketones is 1. The van der Waals surface area contributed by atoms with Crippen LogP contribution in [-0.2, 0) is 9.59 Å². The van der Waals surface area contributed by atoms with Crippen molar-refractivity contribution in [1.82, 2.24) is 0 Å². The largest absolute Gasteiger partial charge is 0.507 e. The van der Waals surface area contributed by atoms with Crippen molar-refractivity contribution in [2.45, 2.75) is 13.0 Å². The molecule has 0 saturated carbocycles. The Morgan fingerprint density at radius 2 is 1.60 bits per heavy atom. The number of benzene rings is 3. The third-order valence-corrected chi connectivity index (χ3v) is 6.25. The Hall–Kier alpha value is -3.78. The molecule has 7 nitrogen and oxygen atoms in total. The molecule has 0 aliphatic carbocycles. The zero-order chi connectivity index (χ0) is 25.1. The Morgan fingerprint density at radius 1 is 0.943 bits per heavy atom. The van der Waals surface area contributed by atoms with E-state index in [0.717, 1.165) is 4.47 Å². The summed E-state index contributed by atoms with van der Waals surface area (Å²) in [6.07, 6.45) is 0. The van der Waals surface area contributed by atoms with E-state index in [9.17, 15) is 14.7 Å². The zero-order valence-corrected chi connectivity index (χ0v) is 21.0. The van der Waals surface area contributed by atoms with E-state index in [0.29, 0.717) is 40.7 Å². The summed E-state index contributed by atoms with van der Waals surface area (Å²) < 4.78 is 17.3. The minimum Gasteiger partial charge on any atom is -0.507 e. The van der Waals surface area contributed by atoms with Crippen LogP contribution >= 0.6 is 15.9 Å². The number of rotatable bonds is 7. The molecule has 1 amide bonds. The summed E-state index contributed by atoms with van der Waals surface area (Å²) in [5, 5.41) is 11.3. The van der Waals surface area contributed by atoms with E-state index in [1.54, 1.807) is 66.7 Å². The molecule has 1 fully saturated rings. The third-order valence-electron chi connectivity index (χ3n) is 5.72. The van der Waals surface area contributed by atoms with Gasteiger partial charge in [0.2, 0.25) is 0 Å². The molecule has 4 rings (SSSR count). The fourth-order valence-electron chi connectivity index (χ4n) is 4.08. The predicted molar refractivity (Wildman–Crippen MR) is 136 cm³/mol. The molecular weight excluding hydrogens is 514 g/mol. The fourth-order valence-corrected chi connectivity index (χ4v) is 4.34. The van der Waals surface area contributed by atoms with Gasteiger partial charge in [0.1, 0.15) is 23.0 Å². The number of hydrogen-bond acceptors (Lipinski definition) is 6. The van der Waals surface area contributed by atoms with Crippen LogP contribution in [0.4, 0.5) is 5.69 Å². The van der Waals surface area contributed by atoms with E-state index in [4.69, 9.17) is 14.2 Å². The summed E-state index contributed by atoms with van der Waals surface area (Å²) in [4.78, 5) is 28.1. The van der Waals surface area contributed by atoms with Crippen LogP contribution in [0.25, 0.3) is 5.76 Å². The van der Waals surface area contributed by atoms with Crippen molar-refractivity contribution in [3.63, 3.8) is 0 Å². The molecule has 0 spiro atoms. The second kappa shape index (κ2) is 10.2. The van der Waals surface area contributed by atoms with Crippen molar-refractivity contribution in [3.05, 3.63) is 87.9 Å². The van der Waals surface area contributed by atoms with Crippen molar-refractivity contribution in [2.24, 2.45) is 0 Å². The lowest BCUT2D eigenvalue weighted by Crippen LogP contribution is -2.29. The highest BCUT2D eigenvalue weighted by atomic mass is 79.9. The Labute approximate surface area is 211 Å². The van der Waals surface area contributed by atoms with Gasteiger partial charge < -0.3 is 19.3 Å². The average molecular weight is 538 g/mol. The lowest BCUT2D eigenvalue weighted by molar-refractivity contribution is -0.132. The molecule has 1 aliphatic rings. The van der Waals surface area contributed by atoms with Gasteiger partial charge in [-0.25, -0.2) is 0 Å². The van der Waals surface area contributed by atoms with E-state index in [1.165, 1.54) is 19.1 Å². The van der Waals surface area contributed by atoms with E-state index >= 15 is 0 Å². The van der Waals surface area contributed by atoms with Crippen molar-refractivity contribution in [1.29, 1.82) is 0 Å². The number of hydrogen-bond donors (Lipinski definition) is 1. The van der Waals surface area contributed by atoms with Gasteiger partial charge in [-0.1, -0.05) is 15.9 Å². The number of ether oxygens (including phenoxy) is 3. The normalized spacial score (nSPS) is 16.9. The quantitative estimate of drug-likeness (QED) is 0.243. The molecule has 1 atom stereocenters. The van der Waals surface area contributed by atoms with Crippen LogP contribution in [0.1, 0.15) is 24.1 Å². The maximum Gasteiger partial charge on any atom is 0.300 e. The van der Waals surface area contributed by atoms with Crippen molar-refractivity contribution in [3.8, 4) is 17.2 Å². The smallest absolute Gasteiger partial charge is 0.300 e. The third kappa shape index (κ3) is 4.61. The van der Waals surface area contributed by atoms with Gasteiger partial charge in [0, 0.05) is 21.3 Å². The lowest BCUT2D eigenvalue weighted by atomic mass is 9.94. The van der Waals surface area contributed by atoms with E-state index in [1.807, 2.05) is 6.92 Å². The van der Waals surface area contributed by atoms with Crippen LogP contribution in [-0.4, -0.2) is 37.6 Å². The lowest BCUT2D eigenvalue weighted by Gasteiger charge is -2.27. The van der Waals surface area contributed by atoms with E-state index in [2.05, 4.69) is 15.9 Å². The Balaban J connectivity index is 1.95. The van der Waals surface area contributed by atoms with Crippen LogP contribution in [0.3, 0.4) is 0 Å². The van der Waals surface area contributed by atoms with Crippen LogP contribution < -0.4 is 19.1 Å². The molecule has 0 radical (unpaired) electrons. The standard InChI is InChI=1S/C27H24BrNO6/c1-4-35-19-11-5-16(6-12-19)25(30)23-24(21-15-20(33-2)13-14-22(21)34-3)29(27(32)26(23)31)18-9-7-17(28)8-10-18/h5-15,24,30H,4H2,1-3H3. The number of halogens is 1. The molecule has 1 unspecified atom stereocenters. The fraction of sp³-hybridized carbons (Fsp3) is 0.185. The summed E-state index contributed by atoms with van der Waals surface area (Å²) >= 11 is 3.40. The first-order chi connectivity index (χ1) is 16.9. The second-order valence-corrected chi connectivity index (χ2v) is 8.63. The van der Waals surface area contributed by atoms with Crippen molar-refractivity contribution < 1.29 is 28.9 Å². The summed E-state index contributed by atoms with van der Waals surface area (Å²) in [5.41, 5.74) is 1.33. The highest BCUT2D eigenvalue weighted by Crippen LogP contribution is 2.46. The van der Waals surface area contributed by atoms with Gasteiger partial charge in [-0.2, -0.15) is 0 Å². The molecule has 1 N–H and O–H groups in total. The van der Waals surface area contributed by atoms with E-state index in [-0.39, 0.29) is 11.3 Å². The number of aliphatic hydroxyl groups is 1. The van der Waals surface area contributed by atoms with Gasteiger partial charge >= 0.3 is 0 Å². The Bertz CT molecular complexity index is 1280. The van der Waals surface area contributed by atoms with E-state index < -0.39 is 17.7 Å². The maximum absolute atomic E-state index is 13.4. The Morgan fingerprint density at radius 3 is 2.20 bits per heavy atom. The number of amides is 1.